The SMILES string of the molecule is NCc1ccc2c(c1)CC(=O)N2CNN. The third-order valence-electron chi connectivity index (χ3n) is 2.56. The van der Waals surface area contributed by atoms with Gasteiger partial charge >= 0.3 is 0 Å². The van der Waals surface area contributed by atoms with Crippen LogP contribution in [0.25, 0.3) is 0 Å². The van der Waals surface area contributed by atoms with Crippen LogP contribution in [0.15, 0.2) is 18.2 Å². The topological polar surface area (TPSA) is 84.4 Å². The molecular formula is C10H14N4O. The molecule has 5 nitrogen and oxygen atoms in total. The normalized spacial score (nSPS) is 14.5. The number of nitrogens with one attached hydrogen (secondary N) is 1. The van der Waals surface area contributed by atoms with Crippen molar-refractivity contribution in [3.8, 4) is 0 Å². The van der Waals surface area contributed by atoms with Gasteiger partial charge in [-0.2, -0.15) is 0 Å². The van der Waals surface area contributed by atoms with Crippen LogP contribution in [-0.2, 0) is 17.8 Å². The van der Waals surface area contributed by atoms with E-state index in [1.807, 2.05) is 18.2 Å². The van der Waals surface area contributed by atoms with E-state index in [4.69, 9.17) is 11.6 Å². The zero-order valence-electron chi connectivity index (χ0n) is 8.36. The highest BCUT2D eigenvalue weighted by atomic mass is 16.2. The minimum Gasteiger partial charge on any atom is -0.326 e. The second-order valence-corrected chi connectivity index (χ2v) is 3.53. The molecule has 0 fully saturated rings. The van der Waals surface area contributed by atoms with Crippen LogP contribution in [0.2, 0.25) is 0 Å². The number of nitrogens with two attached hydrogens (primary N) is 2. The molecule has 0 aliphatic carbocycles. The fourth-order valence-corrected chi connectivity index (χ4v) is 1.83. The lowest BCUT2D eigenvalue weighted by Crippen LogP contribution is -2.39. The van der Waals surface area contributed by atoms with Crippen LogP contribution < -0.4 is 21.9 Å². The summed E-state index contributed by atoms with van der Waals surface area (Å²) in [4.78, 5) is 13.3. The van der Waals surface area contributed by atoms with E-state index in [2.05, 4.69) is 5.43 Å². The molecule has 0 unspecified atom stereocenters. The minimum atomic E-state index is 0.0668. The molecule has 1 heterocycles. The van der Waals surface area contributed by atoms with Gasteiger partial charge in [0.25, 0.3) is 0 Å². The molecule has 1 aromatic rings. The number of anilines is 1. The van der Waals surface area contributed by atoms with Gasteiger partial charge in [-0.05, 0) is 17.2 Å². The summed E-state index contributed by atoms with van der Waals surface area (Å²) in [6.07, 6.45) is 0.435. The average Bonchev–Trinajstić information content (AvgIpc) is 2.55. The molecular weight excluding hydrogens is 192 g/mol. The number of rotatable bonds is 3. The van der Waals surface area contributed by atoms with Crippen molar-refractivity contribution < 1.29 is 4.79 Å². The highest BCUT2D eigenvalue weighted by Crippen LogP contribution is 2.28. The first-order chi connectivity index (χ1) is 7.26. The molecule has 80 valence electrons. The van der Waals surface area contributed by atoms with Crippen molar-refractivity contribution in [3.05, 3.63) is 29.3 Å². The fourth-order valence-electron chi connectivity index (χ4n) is 1.83. The van der Waals surface area contributed by atoms with Crippen molar-refractivity contribution in [1.82, 2.24) is 5.43 Å². The van der Waals surface area contributed by atoms with Gasteiger partial charge in [0.05, 0.1) is 13.1 Å². The highest BCUT2D eigenvalue weighted by Gasteiger charge is 2.26. The molecule has 0 radical (unpaired) electrons. The summed E-state index contributed by atoms with van der Waals surface area (Å²) in [7, 11) is 0. The number of carbonyl (C=O) groups is 1. The molecule has 0 saturated heterocycles. The number of amides is 1. The van der Waals surface area contributed by atoms with Crippen molar-refractivity contribution in [2.24, 2.45) is 11.6 Å². The third-order valence-corrected chi connectivity index (χ3v) is 2.56. The Hall–Kier alpha value is -1.43. The summed E-state index contributed by atoms with van der Waals surface area (Å²) in [5.74, 6) is 5.29. The lowest BCUT2D eigenvalue weighted by molar-refractivity contribution is -0.117. The van der Waals surface area contributed by atoms with Gasteiger partial charge in [-0.25, -0.2) is 5.43 Å². The summed E-state index contributed by atoms with van der Waals surface area (Å²) >= 11 is 0. The van der Waals surface area contributed by atoms with Gasteiger partial charge in [0.15, 0.2) is 0 Å². The summed E-state index contributed by atoms with van der Waals surface area (Å²) in [6, 6.07) is 5.82. The molecule has 5 heteroatoms. The Bertz CT molecular complexity index is 391. The Morgan fingerprint density at radius 3 is 2.93 bits per heavy atom. The lowest BCUT2D eigenvalue weighted by atomic mass is 10.1. The zero-order chi connectivity index (χ0) is 10.8. The van der Waals surface area contributed by atoms with Crippen LogP contribution in [0.1, 0.15) is 11.1 Å². The average molecular weight is 206 g/mol. The maximum absolute atomic E-state index is 11.6. The van der Waals surface area contributed by atoms with Gasteiger partial charge in [-0.1, -0.05) is 12.1 Å². The van der Waals surface area contributed by atoms with Gasteiger partial charge in [0.1, 0.15) is 0 Å². The Morgan fingerprint density at radius 1 is 1.47 bits per heavy atom. The van der Waals surface area contributed by atoms with E-state index in [1.165, 1.54) is 0 Å². The first kappa shape index (κ1) is 10.1. The Labute approximate surface area is 88.0 Å². The predicted octanol–water partition coefficient (Wildman–Crippen LogP) is -0.545. The molecule has 0 bridgehead atoms. The molecule has 1 aromatic carbocycles. The standard InChI is InChI=1S/C10H14N4O/c11-5-7-1-2-9-8(3-7)4-10(15)14(9)6-13-12/h1-3,13H,4-6,11-12H2. The van der Waals surface area contributed by atoms with Crippen molar-refractivity contribution in [2.45, 2.75) is 13.0 Å². The van der Waals surface area contributed by atoms with Gasteiger partial charge in [-0.15, -0.1) is 0 Å². The summed E-state index contributed by atoms with van der Waals surface area (Å²) < 4.78 is 0. The van der Waals surface area contributed by atoms with Crippen molar-refractivity contribution in [1.29, 1.82) is 0 Å². The van der Waals surface area contributed by atoms with E-state index in [-0.39, 0.29) is 5.91 Å². The van der Waals surface area contributed by atoms with Crippen LogP contribution in [0.5, 0.6) is 0 Å². The van der Waals surface area contributed by atoms with E-state index in [9.17, 15) is 4.79 Å². The van der Waals surface area contributed by atoms with E-state index in [0.717, 1.165) is 16.8 Å². The van der Waals surface area contributed by atoms with Crippen LogP contribution in [0.3, 0.4) is 0 Å². The van der Waals surface area contributed by atoms with Gasteiger partial charge in [0, 0.05) is 12.2 Å². The smallest absolute Gasteiger partial charge is 0.232 e. The van der Waals surface area contributed by atoms with E-state index in [1.54, 1.807) is 4.90 Å². The van der Waals surface area contributed by atoms with E-state index >= 15 is 0 Å². The molecule has 5 N–H and O–H groups in total. The maximum Gasteiger partial charge on any atom is 0.232 e. The number of hydrogen-bond donors (Lipinski definition) is 3. The van der Waals surface area contributed by atoms with Gasteiger partial charge in [0.2, 0.25) is 5.91 Å². The molecule has 2 rings (SSSR count). The van der Waals surface area contributed by atoms with E-state index < -0.39 is 0 Å². The number of carbonyl (C=O) groups excluding carboxylic acids is 1. The first-order valence-electron chi connectivity index (χ1n) is 4.82. The lowest BCUT2D eigenvalue weighted by Gasteiger charge is -2.16. The Morgan fingerprint density at radius 2 is 2.27 bits per heavy atom. The van der Waals surface area contributed by atoms with E-state index in [0.29, 0.717) is 19.6 Å². The second-order valence-electron chi connectivity index (χ2n) is 3.53. The summed E-state index contributed by atoms with van der Waals surface area (Å²) in [5, 5.41) is 0. The van der Waals surface area contributed by atoms with Gasteiger partial charge in [-0.3, -0.25) is 15.5 Å². The van der Waals surface area contributed by atoms with Crippen molar-refractivity contribution in [3.63, 3.8) is 0 Å². The fraction of sp³-hybridized carbons (Fsp3) is 0.300. The third kappa shape index (κ3) is 1.72. The molecule has 1 aliphatic heterocycles. The van der Waals surface area contributed by atoms with Crippen molar-refractivity contribution in [2.75, 3.05) is 11.6 Å². The highest BCUT2D eigenvalue weighted by molar-refractivity contribution is 6.01. The monoisotopic (exact) mass is 206 g/mol. The number of fused-ring (bicyclic) bond motifs is 1. The number of hydrogen-bond acceptors (Lipinski definition) is 4. The van der Waals surface area contributed by atoms with Crippen molar-refractivity contribution >= 4 is 11.6 Å². The zero-order valence-corrected chi connectivity index (χ0v) is 8.36. The molecule has 0 saturated carbocycles. The Balaban J connectivity index is 2.34. The molecule has 1 aliphatic rings. The number of benzene rings is 1. The summed E-state index contributed by atoms with van der Waals surface area (Å²) in [5.41, 5.74) is 11.0. The van der Waals surface area contributed by atoms with Gasteiger partial charge < -0.3 is 5.73 Å². The molecule has 0 spiro atoms. The maximum atomic E-state index is 11.6. The van der Waals surface area contributed by atoms with Crippen LogP contribution >= 0.6 is 0 Å². The second kappa shape index (κ2) is 3.98. The molecule has 0 aromatic heterocycles. The molecule has 0 atom stereocenters. The number of nitrogens with zero attached hydrogens (tertiary/aromatic N) is 1. The predicted molar refractivity (Wildman–Crippen MR) is 57.7 cm³/mol. The summed E-state index contributed by atoms with van der Waals surface area (Å²) in [6.45, 7) is 0.838. The van der Waals surface area contributed by atoms with Crippen LogP contribution in [0.4, 0.5) is 5.69 Å². The first-order valence-corrected chi connectivity index (χ1v) is 4.82. The molecule has 15 heavy (non-hydrogen) atoms. The molecule has 1 amide bonds. The van der Waals surface area contributed by atoms with Crippen LogP contribution in [-0.4, -0.2) is 12.6 Å². The van der Waals surface area contributed by atoms with Crippen LogP contribution in [0, 0.1) is 0 Å². The quantitative estimate of drug-likeness (QED) is 0.458. The minimum absolute atomic E-state index is 0.0668. The number of hydrazine groups is 1. The largest absolute Gasteiger partial charge is 0.326 e. The Kier molecular flexibility index (Phi) is 2.68.